The monoisotopic (exact) mass is 350 g/mol. The molecule has 1 aromatic heterocycles. The molecule has 4 aromatic carbocycles. The predicted octanol–water partition coefficient (Wildman–Crippen LogP) is 5.55. The van der Waals surface area contributed by atoms with Crippen LogP contribution >= 0.6 is 0 Å². The first-order valence-corrected chi connectivity index (χ1v) is 9.34. The highest BCUT2D eigenvalue weighted by molar-refractivity contribution is 6.14. The lowest BCUT2D eigenvalue weighted by Crippen LogP contribution is -2.44. The van der Waals surface area contributed by atoms with E-state index in [2.05, 4.69) is 78.9 Å². The summed E-state index contributed by atoms with van der Waals surface area (Å²) in [6.07, 6.45) is 1.98. The van der Waals surface area contributed by atoms with Crippen LogP contribution in [0.25, 0.3) is 43.6 Å². The summed E-state index contributed by atoms with van der Waals surface area (Å²) in [5.41, 5.74) is 2.28. The van der Waals surface area contributed by atoms with Gasteiger partial charge in [-0.2, -0.15) is 0 Å². The van der Waals surface area contributed by atoms with E-state index in [1.807, 2.05) is 23.9 Å². The summed E-state index contributed by atoms with van der Waals surface area (Å²) in [7, 11) is 0. The van der Waals surface area contributed by atoms with Crippen molar-refractivity contribution < 1.29 is 9.57 Å². The van der Waals surface area contributed by atoms with E-state index in [-0.39, 0.29) is 0 Å². The minimum absolute atomic E-state index is 0.618. The fraction of sp³-hybridized carbons (Fsp3) is 0.0800. The lowest BCUT2D eigenvalue weighted by molar-refractivity contribution is -0.882. The summed E-state index contributed by atoms with van der Waals surface area (Å²) >= 11 is 0. The summed E-state index contributed by atoms with van der Waals surface area (Å²) in [6.45, 7) is 2.63. The number of nitrogens with zero attached hydrogens (tertiary/aromatic N) is 1. The Kier molecular flexibility index (Phi) is 3.75. The molecule has 0 unspecified atom stereocenters. The van der Waals surface area contributed by atoms with Gasteiger partial charge < -0.3 is 0 Å². The molecule has 0 aliphatic carbocycles. The van der Waals surface area contributed by atoms with Crippen LogP contribution in [0.3, 0.4) is 0 Å². The van der Waals surface area contributed by atoms with E-state index in [1.54, 1.807) is 0 Å². The SMILES string of the molecule is CCO[n+]1ccccc1-c1c2ccccc2cc2cc3ccccc3cc12. The molecule has 0 N–H and O–H groups in total. The third kappa shape index (κ3) is 2.61. The molecule has 27 heavy (non-hydrogen) atoms. The lowest BCUT2D eigenvalue weighted by atomic mass is 9.92. The first-order chi connectivity index (χ1) is 13.3. The molecule has 130 valence electrons. The van der Waals surface area contributed by atoms with E-state index in [0.717, 1.165) is 5.69 Å². The number of rotatable bonds is 3. The fourth-order valence-electron chi connectivity index (χ4n) is 3.91. The first kappa shape index (κ1) is 15.8. The van der Waals surface area contributed by atoms with Gasteiger partial charge in [-0.25, -0.2) is 0 Å². The van der Waals surface area contributed by atoms with Gasteiger partial charge in [-0.15, -0.1) is 0 Å². The molecule has 0 saturated heterocycles. The van der Waals surface area contributed by atoms with Crippen molar-refractivity contribution >= 4 is 32.3 Å². The maximum Gasteiger partial charge on any atom is 0.265 e. The van der Waals surface area contributed by atoms with E-state index >= 15 is 0 Å². The Bertz CT molecular complexity index is 1280. The van der Waals surface area contributed by atoms with Gasteiger partial charge in [0.1, 0.15) is 0 Å². The lowest BCUT2D eigenvalue weighted by Gasteiger charge is -2.11. The van der Waals surface area contributed by atoms with Gasteiger partial charge in [0.15, 0.2) is 6.61 Å². The Hall–Kier alpha value is -3.39. The molecule has 2 heteroatoms. The Labute approximate surface area is 158 Å². The molecule has 0 aliphatic rings. The molecular weight excluding hydrogens is 330 g/mol. The second kappa shape index (κ2) is 6.40. The Morgan fingerprint density at radius 2 is 1.33 bits per heavy atom. The molecule has 2 nitrogen and oxygen atoms in total. The van der Waals surface area contributed by atoms with Crippen LogP contribution in [0.2, 0.25) is 0 Å². The molecule has 0 spiro atoms. The van der Waals surface area contributed by atoms with Crippen LogP contribution in [0.4, 0.5) is 0 Å². The van der Waals surface area contributed by atoms with E-state index in [9.17, 15) is 0 Å². The Morgan fingerprint density at radius 3 is 2.15 bits per heavy atom. The molecule has 5 rings (SSSR count). The van der Waals surface area contributed by atoms with Crippen LogP contribution in [-0.4, -0.2) is 6.61 Å². The summed E-state index contributed by atoms with van der Waals surface area (Å²) in [6, 6.07) is 30.2. The largest absolute Gasteiger partial charge is 0.271 e. The highest BCUT2D eigenvalue weighted by Gasteiger charge is 2.20. The average Bonchev–Trinajstić information content (AvgIpc) is 2.71. The molecule has 5 aromatic rings. The summed E-state index contributed by atoms with van der Waals surface area (Å²) < 4.78 is 1.89. The van der Waals surface area contributed by atoms with Crippen LogP contribution < -0.4 is 9.57 Å². The molecule has 0 aliphatic heterocycles. The van der Waals surface area contributed by atoms with Gasteiger partial charge >= 0.3 is 0 Å². The molecule has 0 atom stereocenters. The minimum atomic E-state index is 0.618. The maximum atomic E-state index is 5.89. The number of aromatic nitrogens is 1. The normalized spacial score (nSPS) is 11.3. The van der Waals surface area contributed by atoms with Crippen molar-refractivity contribution in [2.75, 3.05) is 6.61 Å². The highest BCUT2D eigenvalue weighted by atomic mass is 16.7. The molecule has 1 heterocycles. The third-order valence-electron chi connectivity index (χ3n) is 5.08. The zero-order valence-corrected chi connectivity index (χ0v) is 15.2. The summed E-state index contributed by atoms with van der Waals surface area (Å²) in [5.74, 6) is 0. The highest BCUT2D eigenvalue weighted by Crippen LogP contribution is 2.36. The van der Waals surface area contributed by atoms with Gasteiger partial charge in [0, 0.05) is 16.9 Å². The van der Waals surface area contributed by atoms with Gasteiger partial charge in [-0.05, 0) is 63.5 Å². The molecule has 0 amide bonds. The number of pyridine rings is 1. The van der Waals surface area contributed by atoms with Crippen LogP contribution in [0, 0.1) is 0 Å². The van der Waals surface area contributed by atoms with Gasteiger partial charge in [0.05, 0.1) is 5.56 Å². The summed E-state index contributed by atoms with van der Waals surface area (Å²) in [5, 5.41) is 7.47. The maximum absolute atomic E-state index is 5.89. The predicted molar refractivity (Wildman–Crippen MR) is 112 cm³/mol. The number of hydrogen-bond donors (Lipinski definition) is 0. The molecule has 0 radical (unpaired) electrons. The number of hydrogen-bond acceptors (Lipinski definition) is 1. The second-order valence-electron chi connectivity index (χ2n) is 6.72. The van der Waals surface area contributed by atoms with Crippen LogP contribution in [0.5, 0.6) is 0 Å². The van der Waals surface area contributed by atoms with Crippen molar-refractivity contribution in [3.63, 3.8) is 0 Å². The van der Waals surface area contributed by atoms with Crippen molar-refractivity contribution in [3.8, 4) is 11.3 Å². The smallest absolute Gasteiger partial charge is 0.265 e. The molecule has 0 bridgehead atoms. The van der Waals surface area contributed by atoms with E-state index in [0.29, 0.717) is 6.61 Å². The Morgan fingerprint density at radius 1 is 0.667 bits per heavy atom. The van der Waals surface area contributed by atoms with Crippen molar-refractivity contribution in [1.82, 2.24) is 0 Å². The van der Waals surface area contributed by atoms with E-state index in [4.69, 9.17) is 4.84 Å². The molecule has 0 saturated carbocycles. The number of fused-ring (bicyclic) bond motifs is 3. The fourth-order valence-corrected chi connectivity index (χ4v) is 3.91. The van der Waals surface area contributed by atoms with Gasteiger partial charge in [0.25, 0.3) is 5.69 Å². The van der Waals surface area contributed by atoms with E-state index < -0.39 is 0 Å². The van der Waals surface area contributed by atoms with Crippen molar-refractivity contribution in [2.45, 2.75) is 6.92 Å². The summed E-state index contributed by atoms with van der Waals surface area (Å²) in [4.78, 5) is 5.89. The zero-order chi connectivity index (χ0) is 18.2. The van der Waals surface area contributed by atoms with Crippen LogP contribution in [-0.2, 0) is 0 Å². The van der Waals surface area contributed by atoms with E-state index in [1.165, 1.54) is 37.9 Å². The third-order valence-corrected chi connectivity index (χ3v) is 5.08. The van der Waals surface area contributed by atoms with Crippen LogP contribution in [0.1, 0.15) is 6.92 Å². The molecular formula is C25H20NO+. The van der Waals surface area contributed by atoms with Crippen molar-refractivity contribution in [2.24, 2.45) is 0 Å². The van der Waals surface area contributed by atoms with Crippen molar-refractivity contribution in [3.05, 3.63) is 91.1 Å². The zero-order valence-electron chi connectivity index (χ0n) is 15.2. The molecule has 0 fully saturated rings. The first-order valence-electron chi connectivity index (χ1n) is 9.34. The Balaban J connectivity index is 1.97. The number of benzene rings is 4. The average molecular weight is 350 g/mol. The van der Waals surface area contributed by atoms with Crippen molar-refractivity contribution in [1.29, 1.82) is 0 Å². The van der Waals surface area contributed by atoms with Gasteiger partial charge in [-0.3, -0.25) is 4.84 Å². The quantitative estimate of drug-likeness (QED) is 0.307. The van der Waals surface area contributed by atoms with Gasteiger partial charge in [-0.1, -0.05) is 48.5 Å². The topological polar surface area (TPSA) is 13.1 Å². The minimum Gasteiger partial charge on any atom is -0.271 e. The van der Waals surface area contributed by atoms with Gasteiger partial charge in [0.2, 0.25) is 6.20 Å². The van der Waals surface area contributed by atoms with Crippen LogP contribution in [0.15, 0.2) is 91.1 Å². The second-order valence-corrected chi connectivity index (χ2v) is 6.72. The standard InChI is InChI=1S/C25H20NO/c1-2-27-26-14-8-7-13-24(26)25-22-12-6-5-11-20(22)16-21-15-18-9-3-4-10-19(18)17-23(21)25/h3-17H,2H2,1H3/q+1.